The summed E-state index contributed by atoms with van der Waals surface area (Å²) in [7, 11) is 0. The monoisotopic (exact) mass is 409 g/mol. The van der Waals surface area contributed by atoms with Crippen molar-refractivity contribution in [3.63, 3.8) is 0 Å². The molecule has 3 amide bonds. The maximum Gasteiger partial charge on any atom is 0.317 e. The Morgan fingerprint density at radius 2 is 1.70 bits per heavy atom. The summed E-state index contributed by atoms with van der Waals surface area (Å²) in [5.74, 6) is 0.914. The molecule has 0 aromatic heterocycles. The number of urea groups is 1. The van der Waals surface area contributed by atoms with Gasteiger partial charge >= 0.3 is 6.03 Å². The van der Waals surface area contributed by atoms with Crippen molar-refractivity contribution in [1.29, 1.82) is 0 Å². The fourth-order valence-electron chi connectivity index (χ4n) is 3.55. The summed E-state index contributed by atoms with van der Waals surface area (Å²) in [6, 6.07) is 15.6. The average Bonchev–Trinajstić information content (AvgIpc) is 2.76. The Morgan fingerprint density at radius 3 is 2.37 bits per heavy atom. The molecule has 1 aliphatic heterocycles. The Labute approximate surface area is 178 Å². The molecule has 6 heteroatoms. The molecule has 1 fully saturated rings. The summed E-state index contributed by atoms with van der Waals surface area (Å²) in [5, 5.41) is 3.05. The smallest absolute Gasteiger partial charge is 0.317 e. The minimum atomic E-state index is -0.126. The maximum atomic E-state index is 12.7. The summed E-state index contributed by atoms with van der Waals surface area (Å²) in [4.78, 5) is 28.9. The molecule has 0 radical (unpaired) electrons. The zero-order valence-corrected chi connectivity index (χ0v) is 18.1. The van der Waals surface area contributed by atoms with Crippen LogP contribution in [0.2, 0.25) is 0 Å². The van der Waals surface area contributed by atoms with Crippen LogP contribution in [0.1, 0.15) is 36.6 Å². The Kier molecular flexibility index (Phi) is 7.33. The van der Waals surface area contributed by atoms with Crippen molar-refractivity contribution in [2.75, 3.05) is 32.8 Å². The maximum absolute atomic E-state index is 12.7. The zero-order valence-electron chi connectivity index (χ0n) is 18.1. The summed E-state index contributed by atoms with van der Waals surface area (Å²) < 4.78 is 5.54. The first-order valence-corrected chi connectivity index (χ1v) is 10.6. The highest BCUT2D eigenvalue weighted by atomic mass is 16.5. The lowest BCUT2D eigenvalue weighted by atomic mass is 10.1. The van der Waals surface area contributed by atoms with Crippen molar-refractivity contribution in [3.8, 4) is 5.75 Å². The van der Waals surface area contributed by atoms with Gasteiger partial charge in [0.05, 0.1) is 19.1 Å². The number of nitrogens with zero attached hydrogens (tertiary/aromatic N) is 2. The van der Waals surface area contributed by atoms with E-state index in [1.54, 1.807) is 4.90 Å². The molecule has 0 spiro atoms. The second-order valence-electron chi connectivity index (χ2n) is 7.71. The van der Waals surface area contributed by atoms with Gasteiger partial charge in [-0.3, -0.25) is 4.79 Å². The van der Waals surface area contributed by atoms with Gasteiger partial charge in [-0.15, -0.1) is 0 Å². The van der Waals surface area contributed by atoms with Crippen LogP contribution in [0.5, 0.6) is 5.75 Å². The standard InChI is InChI=1S/C24H31N3O3/c1-4-30-22-7-5-6-21(17-22)19(3)25-24(29)27-14-12-26(13-15-27)23(28)16-20-10-8-18(2)9-11-20/h5-11,17,19H,4,12-16H2,1-3H3,(H,25,29). The van der Waals surface area contributed by atoms with E-state index < -0.39 is 0 Å². The highest BCUT2D eigenvalue weighted by molar-refractivity contribution is 5.79. The summed E-state index contributed by atoms with van der Waals surface area (Å²) in [6.45, 7) is 8.75. The van der Waals surface area contributed by atoms with E-state index in [1.807, 2.05) is 74.2 Å². The van der Waals surface area contributed by atoms with E-state index >= 15 is 0 Å². The average molecular weight is 410 g/mol. The van der Waals surface area contributed by atoms with Gasteiger partial charge in [0.15, 0.2) is 0 Å². The molecule has 1 saturated heterocycles. The predicted molar refractivity (Wildman–Crippen MR) is 118 cm³/mol. The lowest BCUT2D eigenvalue weighted by molar-refractivity contribution is -0.131. The molecule has 1 atom stereocenters. The molecule has 2 aromatic rings. The number of carbonyl (C=O) groups excluding carboxylic acids is 2. The van der Waals surface area contributed by atoms with Crippen molar-refractivity contribution in [2.24, 2.45) is 0 Å². The summed E-state index contributed by atoms with van der Waals surface area (Å²) in [5.41, 5.74) is 3.21. The summed E-state index contributed by atoms with van der Waals surface area (Å²) >= 11 is 0. The second-order valence-corrected chi connectivity index (χ2v) is 7.71. The van der Waals surface area contributed by atoms with Crippen LogP contribution in [0, 0.1) is 6.92 Å². The molecule has 0 bridgehead atoms. The predicted octanol–water partition coefficient (Wildman–Crippen LogP) is 3.55. The van der Waals surface area contributed by atoms with E-state index in [2.05, 4.69) is 5.32 Å². The highest BCUT2D eigenvalue weighted by Crippen LogP contribution is 2.19. The number of rotatable bonds is 6. The lowest BCUT2D eigenvalue weighted by Gasteiger charge is -2.35. The van der Waals surface area contributed by atoms with Gasteiger partial charge in [0.25, 0.3) is 0 Å². The van der Waals surface area contributed by atoms with Gasteiger partial charge < -0.3 is 19.9 Å². The number of benzene rings is 2. The number of aryl methyl sites for hydroxylation is 1. The molecule has 1 unspecified atom stereocenters. The quantitative estimate of drug-likeness (QED) is 0.794. The Morgan fingerprint density at radius 1 is 1.03 bits per heavy atom. The number of amides is 3. The minimum absolute atomic E-state index is 0.102. The minimum Gasteiger partial charge on any atom is -0.494 e. The molecule has 160 valence electrons. The van der Waals surface area contributed by atoms with Crippen LogP contribution in [-0.2, 0) is 11.2 Å². The Bertz CT molecular complexity index is 858. The molecule has 1 N–H and O–H groups in total. The van der Waals surface area contributed by atoms with Crippen LogP contribution in [0.25, 0.3) is 0 Å². The molecule has 1 heterocycles. The normalized spacial score (nSPS) is 14.9. The van der Waals surface area contributed by atoms with Crippen molar-refractivity contribution >= 4 is 11.9 Å². The molecular weight excluding hydrogens is 378 g/mol. The second kappa shape index (κ2) is 10.1. The van der Waals surface area contributed by atoms with E-state index in [4.69, 9.17) is 4.74 Å². The first kappa shape index (κ1) is 21.7. The third kappa shape index (κ3) is 5.75. The lowest BCUT2D eigenvalue weighted by Crippen LogP contribution is -2.53. The molecule has 0 aliphatic carbocycles. The summed E-state index contributed by atoms with van der Waals surface area (Å²) in [6.07, 6.45) is 0.402. The fraction of sp³-hybridized carbons (Fsp3) is 0.417. The fourth-order valence-corrected chi connectivity index (χ4v) is 3.55. The number of nitrogens with one attached hydrogen (secondary N) is 1. The van der Waals surface area contributed by atoms with Crippen LogP contribution in [-0.4, -0.2) is 54.5 Å². The zero-order chi connectivity index (χ0) is 21.5. The van der Waals surface area contributed by atoms with Crippen molar-refractivity contribution in [2.45, 2.75) is 33.2 Å². The Hall–Kier alpha value is -3.02. The third-order valence-corrected chi connectivity index (χ3v) is 5.40. The highest BCUT2D eigenvalue weighted by Gasteiger charge is 2.25. The van der Waals surface area contributed by atoms with E-state index in [0.29, 0.717) is 39.2 Å². The molecule has 6 nitrogen and oxygen atoms in total. The molecule has 0 saturated carbocycles. The van der Waals surface area contributed by atoms with Gasteiger partial charge in [0.1, 0.15) is 5.75 Å². The van der Waals surface area contributed by atoms with Crippen LogP contribution < -0.4 is 10.1 Å². The largest absolute Gasteiger partial charge is 0.494 e. The van der Waals surface area contributed by atoms with Gasteiger partial charge in [0.2, 0.25) is 5.91 Å². The number of hydrogen-bond donors (Lipinski definition) is 1. The van der Waals surface area contributed by atoms with Gasteiger partial charge in [-0.2, -0.15) is 0 Å². The molecular formula is C24H31N3O3. The molecule has 2 aromatic carbocycles. The number of hydrogen-bond acceptors (Lipinski definition) is 3. The van der Waals surface area contributed by atoms with Crippen LogP contribution in [0.3, 0.4) is 0 Å². The van der Waals surface area contributed by atoms with Gasteiger partial charge in [-0.25, -0.2) is 4.79 Å². The molecule has 1 aliphatic rings. The van der Waals surface area contributed by atoms with Gasteiger partial charge in [0, 0.05) is 26.2 Å². The van der Waals surface area contributed by atoms with Crippen LogP contribution in [0.15, 0.2) is 48.5 Å². The van der Waals surface area contributed by atoms with Crippen LogP contribution in [0.4, 0.5) is 4.79 Å². The van der Waals surface area contributed by atoms with Gasteiger partial charge in [-0.1, -0.05) is 42.0 Å². The number of ether oxygens (including phenoxy) is 1. The molecule has 3 rings (SSSR count). The first-order chi connectivity index (χ1) is 14.5. The van der Waals surface area contributed by atoms with Crippen molar-refractivity contribution in [3.05, 3.63) is 65.2 Å². The molecule has 30 heavy (non-hydrogen) atoms. The van der Waals surface area contributed by atoms with Gasteiger partial charge in [-0.05, 0) is 44.0 Å². The first-order valence-electron chi connectivity index (χ1n) is 10.6. The van der Waals surface area contributed by atoms with E-state index in [-0.39, 0.29) is 18.0 Å². The van der Waals surface area contributed by atoms with E-state index in [0.717, 1.165) is 16.9 Å². The third-order valence-electron chi connectivity index (χ3n) is 5.40. The Balaban J connectivity index is 1.48. The topological polar surface area (TPSA) is 61.9 Å². The number of piperazine rings is 1. The van der Waals surface area contributed by atoms with Crippen LogP contribution >= 0.6 is 0 Å². The SMILES string of the molecule is CCOc1cccc(C(C)NC(=O)N2CCN(C(=O)Cc3ccc(C)cc3)CC2)c1. The van der Waals surface area contributed by atoms with Crippen molar-refractivity contribution in [1.82, 2.24) is 15.1 Å². The number of carbonyl (C=O) groups is 2. The van der Waals surface area contributed by atoms with E-state index in [1.165, 1.54) is 5.56 Å². The van der Waals surface area contributed by atoms with E-state index in [9.17, 15) is 9.59 Å². The van der Waals surface area contributed by atoms with Crippen molar-refractivity contribution < 1.29 is 14.3 Å².